The normalized spacial score (nSPS) is 17.5. The lowest BCUT2D eigenvalue weighted by Gasteiger charge is -2.28. The molecular weight excluding hydrogens is 406 g/mol. The predicted octanol–water partition coefficient (Wildman–Crippen LogP) is 3.31. The Labute approximate surface area is 189 Å². The smallest absolute Gasteiger partial charge is 0.238 e. The number of likely N-dealkylation sites (tertiary alicyclic amines) is 1. The van der Waals surface area contributed by atoms with E-state index in [1.807, 2.05) is 55.1 Å². The number of likely N-dealkylation sites (N-methyl/N-ethyl adjacent to an activating group) is 1. The Morgan fingerprint density at radius 3 is 2.69 bits per heavy atom. The summed E-state index contributed by atoms with van der Waals surface area (Å²) < 4.78 is 11.3. The van der Waals surface area contributed by atoms with Crippen LogP contribution in [0.1, 0.15) is 35.6 Å². The number of carbonyl (C=O) groups excluding carboxylic acids is 2. The molecule has 7 heteroatoms. The number of amides is 2. The molecule has 1 atom stereocenters. The van der Waals surface area contributed by atoms with Crippen LogP contribution in [0, 0.1) is 13.8 Å². The minimum absolute atomic E-state index is 0.0236. The number of fused-ring (bicyclic) bond motifs is 1. The monoisotopic (exact) mass is 437 g/mol. The minimum atomic E-state index is -0.126. The molecule has 0 radical (unpaired) electrons. The summed E-state index contributed by atoms with van der Waals surface area (Å²) >= 11 is 0. The van der Waals surface area contributed by atoms with E-state index in [1.54, 1.807) is 11.9 Å². The number of nitrogens with one attached hydrogen (secondary N) is 1. The summed E-state index contributed by atoms with van der Waals surface area (Å²) in [4.78, 5) is 29.3. The molecule has 1 saturated heterocycles. The zero-order valence-electron chi connectivity index (χ0n) is 19.0. The highest BCUT2D eigenvalue weighted by atomic mass is 16.6. The molecule has 1 N–H and O–H groups in total. The predicted molar refractivity (Wildman–Crippen MR) is 123 cm³/mol. The average molecular weight is 438 g/mol. The molecule has 0 saturated carbocycles. The van der Waals surface area contributed by atoms with Crippen LogP contribution in [0.5, 0.6) is 11.5 Å². The van der Waals surface area contributed by atoms with E-state index in [4.69, 9.17) is 9.47 Å². The summed E-state index contributed by atoms with van der Waals surface area (Å²) in [6, 6.07) is 11.8. The Morgan fingerprint density at radius 2 is 1.88 bits per heavy atom. The van der Waals surface area contributed by atoms with Crippen molar-refractivity contribution < 1.29 is 19.1 Å². The van der Waals surface area contributed by atoms with Gasteiger partial charge in [-0.1, -0.05) is 18.2 Å². The molecule has 1 unspecified atom stereocenters. The standard InChI is InChI=1S/C25H31N3O4/c1-17-6-4-7-20(18(17)2)26-24(29)15-27(3)16-25(30)28-11-5-8-21(28)19-9-10-22-23(14-19)32-13-12-31-22/h4,6-7,9-10,14,21H,5,8,11-13,15-16H2,1-3H3,(H,26,29). The number of rotatable bonds is 6. The molecule has 2 amide bonds. The molecule has 7 nitrogen and oxygen atoms in total. The van der Waals surface area contributed by atoms with Crippen molar-refractivity contribution in [2.75, 3.05) is 45.2 Å². The highest BCUT2D eigenvalue weighted by Crippen LogP contribution is 2.38. The zero-order chi connectivity index (χ0) is 22.7. The molecule has 2 heterocycles. The van der Waals surface area contributed by atoms with Crippen molar-refractivity contribution in [1.29, 1.82) is 0 Å². The Balaban J connectivity index is 1.35. The van der Waals surface area contributed by atoms with Gasteiger partial charge in [-0.05, 0) is 68.6 Å². The molecule has 4 rings (SSSR count). The fourth-order valence-corrected chi connectivity index (χ4v) is 4.38. The van der Waals surface area contributed by atoms with Crippen molar-refractivity contribution >= 4 is 17.5 Å². The van der Waals surface area contributed by atoms with E-state index in [2.05, 4.69) is 5.32 Å². The van der Waals surface area contributed by atoms with E-state index in [1.165, 1.54) is 0 Å². The maximum absolute atomic E-state index is 13.1. The second-order valence-electron chi connectivity index (χ2n) is 8.62. The first-order chi connectivity index (χ1) is 15.4. The quantitative estimate of drug-likeness (QED) is 0.751. The lowest BCUT2D eigenvalue weighted by atomic mass is 10.0. The molecule has 2 aliphatic rings. The number of benzene rings is 2. The van der Waals surface area contributed by atoms with E-state index in [0.29, 0.717) is 13.2 Å². The van der Waals surface area contributed by atoms with Crippen LogP contribution in [0.4, 0.5) is 5.69 Å². The molecule has 2 aromatic carbocycles. The molecule has 1 fully saturated rings. The topological polar surface area (TPSA) is 71.1 Å². The Morgan fingerprint density at radius 1 is 1.09 bits per heavy atom. The lowest BCUT2D eigenvalue weighted by Crippen LogP contribution is -2.41. The minimum Gasteiger partial charge on any atom is -0.486 e. The fourth-order valence-electron chi connectivity index (χ4n) is 4.38. The van der Waals surface area contributed by atoms with Crippen molar-refractivity contribution in [3.8, 4) is 11.5 Å². The van der Waals surface area contributed by atoms with Gasteiger partial charge in [0.25, 0.3) is 0 Å². The van der Waals surface area contributed by atoms with Crippen molar-refractivity contribution in [2.24, 2.45) is 0 Å². The van der Waals surface area contributed by atoms with Crippen LogP contribution < -0.4 is 14.8 Å². The first-order valence-electron chi connectivity index (χ1n) is 11.2. The Kier molecular flexibility index (Phi) is 6.65. The van der Waals surface area contributed by atoms with Crippen LogP contribution in [0.2, 0.25) is 0 Å². The highest BCUT2D eigenvalue weighted by molar-refractivity contribution is 5.93. The summed E-state index contributed by atoms with van der Waals surface area (Å²) in [5.74, 6) is 1.40. The van der Waals surface area contributed by atoms with Crippen molar-refractivity contribution in [1.82, 2.24) is 9.80 Å². The number of anilines is 1. The molecule has 0 bridgehead atoms. The lowest BCUT2D eigenvalue weighted by molar-refractivity contribution is -0.133. The van der Waals surface area contributed by atoms with Crippen LogP contribution in [0.25, 0.3) is 0 Å². The number of ether oxygens (including phenoxy) is 2. The van der Waals surface area contributed by atoms with Crippen LogP contribution in [-0.2, 0) is 9.59 Å². The van der Waals surface area contributed by atoms with Crippen LogP contribution >= 0.6 is 0 Å². The molecule has 32 heavy (non-hydrogen) atoms. The summed E-state index contributed by atoms with van der Waals surface area (Å²) in [6.45, 7) is 6.18. The molecule has 0 spiro atoms. The van der Waals surface area contributed by atoms with E-state index < -0.39 is 0 Å². The Hall–Kier alpha value is -3.06. The van der Waals surface area contributed by atoms with Gasteiger partial charge in [0.15, 0.2) is 11.5 Å². The summed E-state index contributed by atoms with van der Waals surface area (Å²) in [7, 11) is 1.80. The zero-order valence-corrected chi connectivity index (χ0v) is 19.0. The number of aryl methyl sites for hydroxylation is 1. The van der Waals surface area contributed by atoms with Gasteiger partial charge < -0.3 is 19.7 Å². The van der Waals surface area contributed by atoms with E-state index in [-0.39, 0.29) is 30.9 Å². The van der Waals surface area contributed by atoms with Crippen LogP contribution in [-0.4, -0.2) is 61.5 Å². The number of hydrogen-bond donors (Lipinski definition) is 1. The summed E-state index contributed by atoms with van der Waals surface area (Å²) in [5, 5.41) is 2.96. The van der Waals surface area contributed by atoms with Crippen molar-refractivity contribution in [3.63, 3.8) is 0 Å². The third-order valence-corrected chi connectivity index (χ3v) is 6.22. The first kappa shape index (κ1) is 22.1. The van der Waals surface area contributed by atoms with E-state index in [9.17, 15) is 9.59 Å². The third kappa shape index (κ3) is 4.88. The maximum atomic E-state index is 13.1. The van der Waals surface area contributed by atoms with Crippen LogP contribution in [0.3, 0.4) is 0 Å². The van der Waals surface area contributed by atoms with Crippen molar-refractivity contribution in [2.45, 2.75) is 32.7 Å². The average Bonchev–Trinajstić information content (AvgIpc) is 3.26. The van der Waals surface area contributed by atoms with Gasteiger partial charge in [0.05, 0.1) is 19.1 Å². The van der Waals surface area contributed by atoms with Gasteiger partial charge in [-0.2, -0.15) is 0 Å². The summed E-state index contributed by atoms with van der Waals surface area (Å²) in [5.41, 5.74) is 4.06. The van der Waals surface area contributed by atoms with Crippen molar-refractivity contribution in [3.05, 3.63) is 53.1 Å². The SMILES string of the molecule is Cc1cccc(NC(=O)CN(C)CC(=O)N2CCCC2c2ccc3c(c2)OCCO3)c1C. The second-order valence-corrected chi connectivity index (χ2v) is 8.62. The second kappa shape index (κ2) is 9.61. The highest BCUT2D eigenvalue weighted by Gasteiger charge is 2.31. The molecular formula is C25H31N3O4. The largest absolute Gasteiger partial charge is 0.486 e. The number of nitrogens with zero attached hydrogens (tertiary/aromatic N) is 2. The Bertz CT molecular complexity index is 1010. The van der Waals surface area contributed by atoms with Gasteiger partial charge in [-0.15, -0.1) is 0 Å². The molecule has 2 aromatic rings. The van der Waals surface area contributed by atoms with Gasteiger partial charge in [0, 0.05) is 12.2 Å². The molecule has 170 valence electrons. The van der Waals surface area contributed by atoms with Crippen LogP contribution in [0.15, 0.2) is 36.4 Å². The fraction of sp³-hybridized carbons (Fsp3) is 0.440. The number of carbonyl (C=O) groups is 2. The number of hydrogen-bond acceptors (Lipinski definition) is 5. The summed E-state index contributed by atoms with van der Waals surface area (Å²) in [6.07, 6.45) is 1.88. The maximum Gasteiger partial charge on any atom is 0.238 e. The van der Waals surface area contributed by atoms with Gasteiger partial charge in [0.1, 0.15) is 13.2 Å². The van der Waals surface area contributed by atoms with Gasteiger partial charge >= 0.3 is 0 Å². The third-order valence-electron chi connectivity index (χ3n) is 6.22. The van der Waals surface area contributed by atoms with Gasteiger partial charge in [-0.25, -0.2) is 0 Å². The molecule has 0 aromatic heterocycles. The van der Waals surface area contributed by atoms with E-state index in [0.717, 1.165) is 53.3 Å². The van der Waals surface area contributed by atoms with Gasteiger partial charge in [-0.3, -0.25) is 14.5 Å². The molecule has 0 aliphatic carbocycles. The first-order valence-corrected chi connectivity index (χ1v) is 11.2. The van der Waals surface area contributed by atoms with E-state index >= 15 is 0 Å². The van der Waals surface area contributed by atoms with Gasteiger partial charge in [0.2, 0.25) is 11.8 Å². The molecule has 2 aliphatic heterocycles.